The Morgan fingerprint density at radius 3 is 2.68 bits per heavy atom. The second kappa shape index (κ2) is 13.3. The lowest BCUT2D eigenvalue weighted by Crippen LogP contribution is -2.44. The summed E-state index contributed by atoms with van der Waals surface area (Å²) in [5.41, 5.74) is 0.739. The highest BCUT2D eigenvalue weighted by Crippen LogP contribution is 2.25. The molecule has 1 aromatic rings. The van der Waals surface area contributed by atoms with Crippen LogP contribution in [-0.4, -0.2) is 69.9 Å². The molecule has 3 rings (SSSR count). The maximum Gasteiger partial charge on any atom is 0.329 e. The minimum Gasteiger partial charge on any atom is -0.460 e. The van der Waals surface area contributed by atoms with Gasteiger partial charge in [-0.25, -0.2) is 9.78 Å². The lowest BCUT2D eigenvalue weighted by Gasteiger charge is -2.29. The van der Waals surface area contributed by atoms with E-state index in [0.717, 1.165) is 5.57 Å². The fraction of sp³-hybridized carbons (Fsp3) is 0.536. The lowest BCUT2D eigenvalue weighted by molar-refractivity contribution is -0.158. The molecule has 4 atom stereocenters. The SMILES string of the molecule is CC1=C[C@@H](O)CC(=O)Cc2nc(co2)C(=O)N2CCC[C@H]2C(=O)O[C@H](C(C)C)[C@H](C)C=CC(=O)NCC=C1. The molecule has 2 N–H and O–H groups in total. The summed E-state index contributed by atoms with van der Waals surface area (Å²) < 4.78 is 11.2. The highest BCUT2D eigenvalue weighted by molar-refractivity contribution is 5.95. The van der Waals surface area contributed by atoms with Crippen LogP contribution >= 0.6 is 0 Å². The molecule has 0 aliphatic carbocycles. The summed E-state index contributed by atoms with van der Waals surface area (Å²) in [7, 11) is 0. The summed E-state index contributed by atoms with van der Waals surface area (Å²) in [4.78, 5) is 56.6. The fourth-order valence-electron chi connectivity index (χ4n) is 4.66. The Balaban J connectivity index is 1.85. The molecule has 0 spiro atoms. The molecule has 1 fully saturated rings. The van der Waals surface area contributed by atoms with Crippen LogP contribution in [0, 0.1) is 11.8 Å². The number of ketones is 1. The molecule has 10 nitrogen and oxygen atoms in total. The summed E-state index contributed by atoms with van der Waals surface area (Å²) in [6, 6.07) is -0.761. The quantitative estimate of drug-likeness (QED) is 0.531. The topological polar surface area (TPSA) is 139 Å². The third kappa shape index (κ3) is 7.98. The summed E-state index contributed by atoms with van der Waals surface area (Å²) in [6.45, 7) is 8.16. The Kier molecular flexibility index (Phi) is 10.2. The number of carbonyl (C=O) groups excluding carboxylic acids is 4. The number of rotatable bonds is 1. The molecule has 0 radical (unpaired) electrons. The first-order valence-electron chi connectivity index (χ1n) is 13.0. The van der Waals surface area contributed by atoms with E-state index in [2.05, 4.69) is 10.3 Å². The van der Waals surface area contributed by atoms with Gasteiger partial charge in [0.2, 0.25) is 11.8 Å². The molecular formula is C28H37N3O7. The molecule has 0 unspecified atom stereocenters. The van der Waals surface area contributed by atoms with Crippen LogP contribution in [0.1, 0.15) is 63.3 Å². The molecule has 2 aliphatic rings. The van der Waals surface area contributed by atoms with Gasteiger partial charge in [-0.1, -0.05) is 50.6 Å². The van der Waals surface area contributed by atoms with Crippen molar-refractivity contribution in [1.82, 2.24) is 15.2 Å². The van der Waals surface area contributed by atoms with Gasteiger partial charge in [0.1, 0.15) is 24.2 Å². The van der Waals surface area contributed by atoms with Crippen LogP contribution in [0.25, 0.3) is 0 Å². The molecule has 2 aliphatic heterocycles. The van der Waals surface area contributed by atoms with Crippen molar-refractivity contribution in [2.45, 2.75) is 71.6 Å². The second-order valence-corrected chi connectivity index (χ2v) is 10.2. The van der Waals surface area contributed by atoms with Gasteiger partial charge >= 0.3 is 5.97 Å². The molecule has 0 aromatic carbocycles. The van der Waals surface area contributed by atoms with E-state index >= 15 is 0 Å². The first kappa shape index (κ1) is 29.0. The van der Waals surface area contributed by atoms with E-state index < -0.39 is 30.1 Å². The van der Waals surface area contributed by atoms with Crippen molar-refractivity contribution in [3.8, 4) is 0 Å². The Morgan fingerprint density at radius 2 is 1.95 bits per heavy atom. The highest BCUT2D eigenvalue weighted by atomic mass is 16.5. The standard InChI is InChI=1S/C28H37N3O7/c1-17(2)26-19(4)9-10-24(34)29-11-5-7-18(3)13-20(32)14-21(33)15-25-30-22(16-37-25)27(35)31-12-6-8-23(31)28(36)38-26/h5,7,9-10,13,16-17,19-20,23,26,32H,6,8,11-12,14-15H2,1-4H3,(H,29,34)/t19-,20-,23+,26-/m1/s1. The number of nitrogens with one attached hydrogen (secondary N) is 1. The van der Waals surface area contributed by atoms with E-state index in [1.807, 2.05) is 20.8 Å². The lowest BCUT2D eigenvalue weighted by atomic mass is 9.94. The fourth-order valence-corrected chi connectivity index (χ4v) is 4.66. The highest BCUT2D eigenvalue weighted by Gasteiger charge is 2.38. The average molecular weight is 528 g/mol. The van der Waals surface area contributed by atoms with E-state index in [-0.39, 0.29) is 54.5 Å². The number of carbonyl (C=O) groups is 4. The minimum absolute atomic E-state index is 0.00930. The molecular weight excluding hydrogens is 490 g/mol. The normalized spacial score (nSPS) is 26.7. The number of cyclic esters (lactones) is 1. The molecule has 206 valence electrons. The Hall–Kier alpha value is -3.53. The molecule has 38 heavy (non-hydrogen) atoms. The Bertz CT molecular complexity index is 1120. The molecule has 1 aromatic heterocycles. The number of allylic oxidation sites excluding steroid dienone is 2. The van der Waals surface area contributed by atoms with Gasteiger partial charge in [-0.05, 0) is 31.8 Å². The number of fused-ring (bicyclic) bond motifs is 3. The van der Waals surface area contributed by atoms with Crippen molar-refractivity contribution in [1.29, 1.82) is 0 Å². The summed E-state index contributed by atoms with van der Waals surface area (Å²) in [5, 5.41) is 13.0. The van der Waals surface area contributed by atoms with Crippen molar-refractivity contribution >= 4 is 23.6 Å². The second-order valence-electron chi connectivity index (χ2n) is 10.2. The molecule has 2 bridgehead atoms. The largest absolute Gasteiger partial charge is 0.460 e. The van der Waals surface area contributed by atoms with Crippen LogP contribution in [0.3, 0.4) is 0 Å². The number of aliphatic hydroxyl groups excluding tert-OH is 1. The van der Waals surface area contributed by atoms with Gasteiger partial charge in [-0.3, -0.25) is 14.4 Å². The molecule has 3 heterocycles. The number of amides is 2. The molecule has 10 heteroatoms. The van der Waals surface area contributed by atoms with Gasteiger partial charge in [0.15, 0.2) is 5.69 Å². The maximum atomic E-state index is 13.2. The number of aliphatic hydroxyl groups is 1. The Morgan fingerprint density at radius 1 is 1.18 bits per heavy atom. The number of Topliss-reactive ketones (excluding diaryl/α,β-unsaturated/α-hetero) is 1. The average Bonchev–Trinajstić information content (AvgIpc) is 3.52. The van der Waals surface area contributed by atoms with Crippen LogP contribution < -0.4 is 5.32 Å². The number of hydrogen-bond acceptors (Lipinski definition) is 8. The van der Waals surface area contributed by atoms with E-state index in [4.69, 9.17) is 9.15 Å². The molecule has 1 saturated heterocycles. The minimum atomic E-state index is -1.01. The smallest absolute Gasteiger partial charge is 0.329 e. The number of oxazole rings is 1. The molecule has 0 saturated carbocycles. The third-order valence-corrected chi connectivity index (χ3v) is 6.55. The van der Waals surface area contributed by atoms with E-state index in [1.54, 1.807) is 31.2 Å². The zero-order valence-electron chi connectivity index (χ0n) is 22.4. The van der Waals surface area contributed by atoms with Crippen molar-refractivity contribution < 1.29 is 33.4 Å². The van der Waals surface area contributed by atoms with Crippen LogP contribution in [0.2, 0.25) is 0 Å². The number of hydrogen-bond donors (Lipinski definition) is 2. The van der Waals surface area contributed by atoms with Gasteiger partial charge in [-0.15, -0.1) is 0 Å². The van der Waals surface area contributed by atoms with Crippen LogP contribution in [-0.2, 0) is 25.5 Å². The number of nitrogens with zero attached hydrogens (tertiary/aromatic N) is 2. The van der Waals surface area contributed by atoms with Gasteiger partial charge < -0.3 is 24.5 Å². The summed E-state index contributed by atoms with van der Waals surface area (Å²) in [6.07, 6.45) is 8.62. The Labute approximate surface area is 222 Å². The maximum absolute atomic E-state index is 13.2. The van der Waals surface area contributed by atoms with Gasteiger partial charge in [0, 0.05) is 25.4 Å². The van der Waals surface area contributed by atoms with E-state index in [0.29, 0.717) is 19.4 Å². The number of esters is 1. The monoisotopic (exact) mass is 527 g/mol. The first-order chi connectivity index (χ1) is 18.0. The number of aromatic nitrogens is 1. The van der Waals surface area contributed by atoms with Gasteiger partial charge in [0.05, 0.1) is 12.5 Å². The predicted octanol–water partition coefficient (Wildman–Crippen LogP) is 2.53. The van der Waals surface area contributed by atoms with Crippen LogP contribution in [0.5, 0.6) is 0 Å². The number of ether oxygens (including phenoxy) is 1. The summed E-state index contributed by atoms with van der Waals surface area (Å²) >= 11 is 0. The van der Waals surface area contributed by atoms with Gasteiger partial charge in [-0.2, -0.15) is 0 Å². The van der Waals surface area contributed by atoms with Crippen LogP contribution in [0.15, 0.2) is 46.6 Å². The predicted molar refractivity (Wildman–Crippen MR) is 139 cm³/mol. The van der Waals surface area contributed by atoms with E-state index in [9.17, 15) is 24.3 Å². The molecule has 2 amide bonds. The van der Waals surface area contributed by atoms with Crippen molar-refractivity contribution in [2.24, 2.45) is 11.8 Å². The van der Waals surface area contributed by atoms with Crippen molar-refractivity contribution in [3.05, 3.63) is 53.8 Å². The van der Waals surface area contributed by atoms with Crippen LogP contribution in [0.4, 0.5) is 0 Å². The zero-order valence-corrected chi connectivity index (χ0v) is 22.4. The van der Waals surface area contributed by atoms with Crippen molar-refractivity contribution in [3.63, 3.8) is 0 Å². The first-order valence-corrected chi connectivity index (χ1v) is 13.0. The van der Waals surface area contributed by atoms with E-state index in [1.165, 1.54) is 17.2 Å². The summed E-state index contributed by atoms with van der Waals surface area (Å²) in [5.74, 6) is -1.76. The van der Waals surface area contributed by atoms with Crippen molar-refractivity contribution in [2.75, 3.05) is 13.1 Å². The van der Waals surface area contributed by atoms with Gasteiger partial charge in [0.25, 0.3) is 5.91 Å². The zero-order chi connectivity index (χ0) is 27.8. The third-order valence-electron chi connectivity index (χ3n) is 6.55.